The first-order valence-electron chi connectivity index (χ1n) is 8.21. The quantitative estimate of drug-likeness (QED) is 0.797. The summed E-state index contributed by atoms with van der Waals surface area (Å²) in [6.45, 7) is 8.03. The molecule has 2 heterocycles. The minimum Gasteiger partial charge on any atom is -0.472 e. The highest BCUT2D eigenvalue weighted by Gasteiger charge is 2.50. The number of carbonyl (C=O) groups excluding carboxylic acids is 2. The summed E-state index contributed by atoms with van der Waals surface area (Å²) in [6.07, 6.45) is -0.423. The number of ether oxygens (including phenoxy) is 2. The molecule has 0 aliphatic carbocycles. The molecule has 0 N–H and O–H groups in total. The fraction of sp³-hybridized carbons (Fsp3) is 0.444. The van der Waals surface area contributed by atoms with Crippen LogP contribution in [0.25, 0.3) is 0 Å². The second kappa shape index (κ2) is 6.19. The fourth-order valence-corrected chi connectivity index (χ4v) is 3.54. The molecule has 0 unspecified atom stereocenters. The Morgan fingerprint density at radius 2 is 1.88 bits per heavy atom. The average molecular weight is 330 g/mol. The second-order valence-corrected chi connectivity index (χ2v) is 5.81. The Morgan fingerprint density at radius 1 is 1.21 bits per heavy atom. The molecule has 0 fully saturated rings. The van der Waals surface area contributed by atoms with Gasteiger partial charge >= 0.3 is 5.97 Å². The zero-order valence-corrected chi connectivity index (χ0v) is 14.4. The van der Waals surface area contributed by atoms with Gasteiger partial charge in [0.2, 0.25) is 5.91 Å². The molecule has 1 amide bonds. The van der Waals surface area contributed by atoms with Gasteiger partial charge in [-0.05, 0) is 32.9 Å². The van der Waals surface area contributed by atoms with Crippen LogP contribution < -0.4 is 9.80 Å². The molecule has 6 nitrogen and oxygen atoms in total. The average Bonchev–Trinajstić information content (AvgIpc) is 2.88. The van der Waals surface area contributed by atoms with E-state index in [1.165, 1.54) is 6.92 Å². The van der Waals surface area contributed by atoms with E-state index in [1.54, 1.807) is 18.7 Å². The van der Waals surface area contributed by atoms with Gasteiger partial charge in [-0.1, -0.05) is 12.1 Å². The highest BCUT2D eigenvalue weighted by atomic mass is 16.5. The van der Waals surface area contributed by atoms with Crippen LogP contribution in [0.3, 0.4) is 0 Å². The number of rotatable bonds is 3. The van der Waals surface area contributed by atoms with Crippen molar-refractivity contribution in [2.24, 2.45) is 0 Å². The molecule has 0 radical (unpaired) electrons. The molecule has 0 saturated carbocycles. The SMILES string of the molecule is CCOC(=O)C1=C(C)O[C@H]2[C@@H]1N(C(C)=O)c1ccccc1N2CC. The Kier molecular flexibility index (Phi) is 4.22. The summed E-state index contributed by atoms with van der Waals surface area (Å²) in [4.78, 5) is 28.6. The lowest BCUT2D eigenvalue weighted by Crippen LogP contribution is -2.57. The third-order valence-electron chi connectivity index (χ3n) is 4.45. The molecule has 24 heavy (non-hydrogen) atoms. The Labute approximate surface area is 141 Å². The lowest BCUT2D eigenvalue weighted by atomic mass is 9.98. The number of allylic oxidation sites excluding steroid dienone is 1. The molecule has 2 aliphatic heterocycles. The first-order chi connectivity index (χ1) is 11.5. The second-order valence-electron chi connectivity index (χ2n) is 5.81. The molecular formula is C18H22N2O4. The van der Waals surface area contributed by atoms with Crippen molar-refractivity contribution < 1.29 is 19.1 Å². The van der Waals surface area contributed by atoms with Crippen LogP contribution in [-0.4, -0.2) is 37.3 Å². The molecule has 2 atom stereocenters. The lowest BCUT2D eigenvalue weighted by molar-refractivity contribution is -0.138. The molecule has 0 bridgehead atoms. The minimum atomic E-state index is -0.503. The van der Waals surface area contributed by atoms with E-state index < -0.39 is 18.2 Å². The minimum absolute atomic E-state index is 0.131. The fourth-order valence-electron chi connectivity index (χ4n) is 3.54. The van der Waals surface area contributed by atoms with Crippen LogP contribution in [0.15, 0.2) is 35.6 Å². The van der Waals surface area contributed by atoms with Gasteiger partial charge in [-0.15, -0.1) is 0 Å². The van der Waals surface area contributed by atoms with Crippen molar-refractivity contribution in [3.63, 3.8) is 0 Å². The van der Waals surface area contributed by atoms with Crippen LogP contribution in [0.1, 0.15) is 27.7 Å². The van der Waals surface area contributed by atoms with Crippen LogP contribution in [-0.2, 0) is 19.1 Å². The lowest BCUT2D eigenvalue weighted by Gasteiger charge is -2.45. The summed E-state index contributed by atoms with van der Waals surface area (Å²) in [7, 11) is 0. The maximum absolute atomic E-state index is 12.5. The number of likely N-dealkylation sites (N-methyl/N-ethyl adjacent to an activating group) is 1. The molecule has 0 aromatic heterocycles. The van der Waals surface area contributed by atoms with Gasteiger partial charge in [0, 0.05) is 13.5 Å². The third kappa shape index (κ3) is 2.33. The first-order valence-corrected chi connectivity index (χ1v) is 8.21. The van der Waals surface area contributed by atoms with E-state index in [4.69, 9.17) is 9.47 Å². The summed E-state index contributed by atoms with van der Waals surface area (Å²) in [5, 5.41) is 0. The largest absolute Gasteiger partial charge is 0.472 e. The molecule has 3 rings (SSSR count). The molecule has 6 heteroatoms. The number of esters is 1. The zero-order valence-electron chi connectivity index (χ0n) is 14.4. The molecule has 2 aliphatic rings. The highest BCUT2D eigenvalue weighted by Crippen LogP contribution is 2.44. The number of fused-ring (bicyclic) bond motifs is 2. The van der Waals surface area contributed by atoms with Crippen molar-refractivity contribution in [1.82, 2.24) is 0 Å². The van der Waals surface area contributed by atoms with Crippen LogP contribution in [0.2, 0.25) is 0 Å². The van der Waals surface area contributed by atoms with Crippen molar-refractivity contribution in [2.75, 3.05) is 23.0 Å². The van der Waals surface area contributed by atoms with E-state index in [-0.39, 0.29) is 12.5 Å². The summed E-state index contributed by atoms with van der Waals surface area (Å²) < 4.78 is 11.2. The van der Waals surface area contributed by atoms with Gasteiger partial charge in [0.1, 0.15) is 17.4 Å². The number of hydrogen-bond acceptors (Lipinski definition) is 5. The van der Waals surface area contributed by atoms with Gasteiger partial charge in [-0.2, -0.15) is 0 Å². The van der Waals surface area contributed by atoms with Crippen LogP contribution in [0.5, 0.6) is 0 Å². The predicted octanol–water partition coefficient (Wildman–Crippen LogP) is 2.44. The number of hydrogen-bond donors (Lipinski definition) is 0. The van der Waals surface area contributed by atoms with Crippen LogP contribution in [0.4, 0.5) is 11.4 Å². The van der Waals surface area contributed by atoms with E-state index in [1.807, 2.05) is 31.2 Å². The van der Waals surface area contributed by atoms with E-state index in [0.29, 0.717) is 17.9 Å². The Hall–Kier alpha value is -2.50. The maximum atomic E-state index is 12.5. The van der Waals surface area contributed by atoms with Gasteiger partial charge < -0.3 is 14.4 Å². The predicted molar refractivity (Wildman–Crippen MR) is 90.6 cm³/mol. The summed E-state index contributed by atoms with van der Waals surface area (Å²) >= 11 is 0. The van der Waals surface area contributed by atoms with Gasteiger partial charge in [0.25, 0.3) is 0 Å². The van der Waals surface area contributed by atoms with Gasteiger partial charge in [0.15, 0.2) is 6.23 Å². The maximum Gasteiger partial charge on any atom is 0.339 e. The Morgan fingerprint density at radius 3 is 2.46 bits per heavy atom. The van der Waals surface area contributed by atoms with E-state index >= 15 is 0 Å². The standard InChI is InChI=1S/C18H22N2O4/c1-5-19-13-9-7-8-10-14(13)20(12(4)21)16-15(18(22)23-6-2)11(3)24-17(16)19/h7-10,16-17H,5-6H2,1-4H3/t16-,17+/m1/s1. The van der Waals surface area contributed by atoms with Crippen LogP contribution in [0, 0.1) is 0 Å². The van der Waals surface area contributed by atoms with E-state index in [2.05, 4.69) is 4.90 Å². The molecule has 128 valence electrons. The number of carbonyl (C=O) groups is 2. The topological polar surface area (TPSA) is 59.1 Å². The van der Waals surface area contributed by atoms with Crippen LogP contribution >= 0.6 is 0 Å². The van der Waals surface area contributed by atoms with Gasteiger partial charge in [-0.25, -0.2) is 4.79 Å². The van der Waals surface area contributed by atoms with Crippen molar-refractivity contribution in [3.05, 3.63) is 35.6 Å². The molecular weight excluding hydrogens is 308 g/mol. The normalized spacial score (nSPS) is 22.0. The van der Waals surface area contributed by atoms with Gasteiger partial charge in [-0.3, -0.25) is 9.69 Å². The van der Waals surface area contributed by atoms with E-state index in [0.717, 1.165) is 11.4 Å². The van der Waals surface area contributed by atoms with Crippen molar-refractivity contribution in [2.45, 2.75) is 40.0 Å². The summed E-state index contributed by atoms with van der Waals surface area (Å²) in [6, 6.07) is 7.18. The molecule has 1 aromatic rings. The highest BCUT2D eigenvalue weighted by molar-refractivity contribution is 6.02. The molecule has 1 aromatic carbocycles. The number of nitrogens with zero attached hydrogens (tertiary/aromatic N) is 2. The summed E-state index contributed by atoms with van der Waals surface area (Å²) in [5.74, 6) is -0.0431. The summed E-state index contributed by atoms with van der Waals surface area (Å²) in [5.41, 5.74) is 2.13. The number of benzene rings is 1. The number of para-hydroxylation sites is 2. The monoisotopic (exact) mass is 330 g/mol. The molecule has 0 saturated heterocycles. The number of amides is 1. The van der Waals surface area contributed by atoms with Crippen molar-refractivity contribution >= 4 is 23.3 Å². The van der Waals surface area contributed by atoms with Crippen molar-refractivity contribution in [3.8, 4) is 0 Å². The van der Waals surface area contributed by atoms with Gasteiger partial charge in [0.05, 0.1) is 18.0 Å². The third-order valence-corrected chi connectivity index (χ3v) is 4.45. The zero-order chi connectivity index (χ0) is 17.4. The molecule has 0 spiro atoms. The number of anilines is 2. The first kappa shape index (κ1) is 16.4. The Balaban J connectivity index is 2.15. The Bertz CT molecular complexity index is 713. The van der Waals surface area contributed by atoms with E-state index in [9.17, 15) is 9.59 Å². The smallest absolute Gasteiger partial charge is 0.339 e. The van der Waals surface area contributed by atoms with Crippen molar-refractivity contribution in [1.29, 1.82) is 0 Å².